The maximum absolute atomic E-state index is 13.6. The maximum atomic E-state index is 13.6. The molecule has 2 aromatic rings. The fourth-order valence-electron chi connectivity index (χ4n) is 4.83. The second-order valence-corrected chi connectivity index (χ2v) is 9.95. The summed E-state index contributed by atoms with van der Waals surface area (Å²) in [5.74, 6) is 2.12. The molecule has 2 fully saturated rings. The van der Waals surface area contributed by atoms with Gasteiger partial charge in [-0.25, -0.2) is 0 Å². The highest BCUT2D eigenvalue weighted by atomic mass is 16.5. The van der Waals surface area contributed by atoms with Crippen molar-refractivity contribution < 1.29 is 14.3 Å². The summed E-state index contributed by atoms with van der Waals surface area (Å²) in [6.07, 6.45) is 4.62. The van der Waals surface area contributed by atoms with Gasteiger partial charge in [-0.15, -0.1) is 0 Å². The molecule has 1 N–H and O–H groups in total. The van der Waals surface area contributed by atoms with Gasteiger partial charge in [0, 0.05) is 37.6 Å². The van der Waals surface area contributed by atoms with Crippen LogP contribution in [0.5, 0.6) is 5.75 Å². The molecule has 34 heavy (non-hydrogen) atoms. The smallest absolute Gasteiger partial charge is 0.256 e. The average molecular weight is 464 g/mol. The van der Waals surface area contributed by atoms with Crippen molar-refractivity contribution in [3.05, 3.63) is 53.6 Å². The van der Waals surface area contributed by atoms with Crippen LogP contribution in [0, 0.1) is 11.8 Å². The molecule has 6 nitrogen and oxygen atoms in total. The van der Waals surface area contributed by atoms with Crippen LogP contribution in [0.1, 0.15) is 55.5 Å². The van der Waals surface area contributed by atoms with Crippen molar-refractivity contribution in [2.24, 2.45) is 11.8 Å². The number of methoxy groups -OCH3 is 1. The van der Waals surface area contributed by atoms with Gasteiger partial charge in [-0.1, -0.05) is 26.0 Å². The Balaban J connectivity index is 1.52. The third kappa shape index (κ3) is 5.91. The van der Waals surface area contributed by atoms with E-state index in [-0.39, 0.29) is 18.2 Å². The van der Waals surface area contributed by atoms with Crippen LogP contribution in [0.2, 0.25) is 0 Å². The number of carbonyl (C=O) groups is 2. The number of rotatable bonds is 6. The molecule has 0 saturated carbocycles. The van der Waals surface area contributed by atoms with E-state index in [1.54, 1.807) is 7.11 Å². The lowest BCUT2D eigenvalue weighted by molar-refractivity contribution is -0.115. The van der Waals surface area contributed by atoms with E-state index in [1.165, 1.54) is 0 Å². The third-order valence-corrected chi connectivity index (χ3v) is 7.23. The first-order valence-corrected chi connectivity index (χ1v) is 12.5. The lowest BCUT2D eigenvalue weighted by atomic mass is 9.96. The minimum Gasteiger partial charge on any atom is -0.497 e. The summed E-state index contributed by atoms with van der Waals surface area (Å²) in [4.78, 5) is 30.6. The summed E-state index contributed by atoms with van der Waals surface area (Å²) >= 11 is 0. The van der Waals surface area contributed by atoms with E-state index >= 15 is 0 Å². The lowest BCUT2D eigenvalue weighted by Gasteiger charge is -2.35. The highest BCUT2D eigenvalue weighted by molar-refractivity contribution is 6.02. The highest BCUT2D eigenvalue weighted by Crippen LogP contribution is 2.31. The molecule has 0 atom stereocenters. The van der Waals surface area contributed by atoms with Gasteiger partial charge in [0.05, 0.1) is 19.1 Å². The van der Waals surface area contributed by atoms with Crippen molar-refractivity contribution >= 4 is 23.2 Å². The molecule has 2 saturated heterocycles. The van der Waals surface area contributed by atoms with Crippen molar-refractivity contribution in [1.82, 2.24) is 4.90 Å². The molecule has 4 rings (SSSR count). The number of piperidine rings is 2. The molecular weight excluding hydrogens is 426 g/mol. The van der Waals surface area contributed by atoms with Crippen molar-refractivity contribution in [3.8, 4) is 5.75 Å². The summed E-state index contributed by atoms with van der Waals surface area (Å²) in [7, 11) is 1.62. The van der Waals surface area contributed by atoms with Gasteiger partial charge < -0.3 is 19.9 Å². The van der Waals surface area contributed by atoms with E-state index in [4.69, 9.17) is 4.74 Å². The van der Waals surface area contributed by atoms with Crippen molar-refractivity contribution in [1.29, 1.82) is 0 Å². The third-order valence-electron chi connectivity index (χ3n) is 7.23. The van der Waals surface area contributed by atoms with Crippen LogP contribution in [0.25, 0.3) is 0 Å². The van der Waals surface area contributed by atoms with E-state index < -0.39 is 0 Å². The summed E-state index contributed by atoms with van der Waals surface area (Å²) in [5, 5.41) is 3.00. The summed E-state index contributed by atoms with van der Waals surface area (Å²) in [5.41, 5.74) is 3.27. The molecule has 0 aromatic heterocycles. The van der Waals surface area contributed by atoms with Crippen LogP contribution in [0.4, 0.5) is 11.4 Å². The Bertz CT molecular complexity index is 988. The van der Waals surface area contributed by atoms with Gasteiger partial charge in [0.25, 0.3) is 5.91 Å². The van der Waals surface area contributed by atoms with Crippen molar-refractivity contribution in [3.63, 3.8) is 0 Å². The van der Waals surface area contributed by atoms with Crippen molar-refractivity contribution in [2.75, 3.05) is 43.5 Å². The number of nitrogens with zero attached hydrogens (tertiary/aromatic N) is 2. The quantitative estimate of drug-likeness (QED) is 0.656. The molecule has 0 bridgehead atoms. The van der Waals surface area contributed by atoms with Gasteiger partial charge in [-0.05, 0) is 73.4 Å². The monoisotopic (exact) mass is 463 g/mol. The fraction of sp³-hybridized carbons (Fsp3) is 0.500. The van der Waals surface area contributed by atoms with Crippen LogP contribution in [-0.2, 0) is 11.2 Å². The molecule has 2 amide bonds. The molecule has 6 heteroatoms. The standard InChI is InChI=1S/C28H37N3O3/c1-20-10-14-30(15-11-20)26-9-6-23(19-25(26)28(33)31-16-12-21(2)13-17-31)29-27(32)18-22-4-7-24(34-3)8-5-22/h4-9,19-21H,10-18H2,1-3H3,(H,29,32). The minimum absolute atomic E-state index is 0.0757. The van der Waals surface area contributed by atoms with Crippen LogP contribution >= 0.6 is 0 Å². The molecule has 2 aromatic carbocycles. The molecular formula is C28H37N3O3. The van der Waals surface area contributed by atoms with Gasteiger partial charge in [0.1, 0.15) is 5.75 Å². The molecule has 182 valence electrons. The number of amides is 2. The summed E-state index contributed by atoms with van der Waals surface area (Å²) in [6.45, 7) is 8.05. The van der Waals surface area contributed by atoms with Gasteiger partial charge in [-0.3, -0.25) is 9.59 Å². The normalized spacial score (nSPS) is 17.5. The molecule has 0 unspecified atom stereocenters. The van der Waals surface area contributed by atoms with Gasteiger partial charge in [-0.2, -0.15) is 0 Å². The summed E-state index contributed by atoms with van der Waals surface area (Å²) in [6, 6.07) is 13.3. The topological polar surface area (TPSA) is 61.9 Å². The Morgan fingerprint density at radius 1 is 0.912 bits per heavy atom. The minimum atomic E-state index is -0.102. The Kier molecular flexibility index (Phi) is 7.76. The molecule has 2 heterocycles. The second kappa shape index (κ2) is 10.9. The number of benzene rings is 2. The van der Waals surface area contributed by atoms with Crippen LogP contribution in [0.15, 0.2) is 42.5 Å². The Labute approximate surface area is 203 Å². The van der Waals surface area contributed by atoms with Crippen LogP contribution in [-0.4, -0.2) is 50.0 Å². The SMILES string of the molecule is COc1ccc(CC(=O)Nc2ccc(N3CCC(C)CC3)c(C(=O)N3CCC(C)CC3)c2)cc1. The van der Waals surface area contributed by atoms with E-state index in [0.717, 1.165) is 74.8 Å². The second-order valence-electron chi connectivity index (χ2n) is 9.95. The van der Waals surface area contributed by atoms with E-state index in [0.29, 0.717) is 17.2 Å². The summed E-state index contributed by atoms with van der Waals surface area (Å²) < 4.78 is 5.19. The number of ether oxygens (including phenoxy) is 1. The van der Waals surface area contributed by atoms with E-state index in [1.807, 2.05) is 47.4 Å². The number of likely N-dealkylation sites (tertiary alicyclic amines) is 1. The average Bonchev–Trinajstić information content (AvgIpc) is 2.85. The largest absolute Gasteiger partial charge is 0.497 e. The zero-order valence-electron chi connectivity index (χ0n) is 20.7. The molecule has 0 aliphatic carbocycles. The predicted molar refractivity (Wildman–Crippen MR) is 137 cm³/mol. The zero-order chi connectivity index (χ0) is 24.1. The lowest BCUT2D eigenvalue weighted by Crippen LogP contribution is -2.40. The van der Waals surface area contributed by atoms with E-state index in [2.05, 4.69) is 24.1 Å². The molecule has 2 aliphatic rings. The maximum Gasteiger partial charge on any atom is 0.256 e. The van der Waals surface area contributed by atoms with Crippen molar-refractivity contribution in [2.45, 2.75) is 46.0 Å². The van der Waals surface area contributed by atoms with Crippen LogP contribution in [0.3, 0.4) is 0 Å². The molecule has 0 radical (unpaired) electrons. The fourth-order valence-corrected chi connectivity index (χ4v) is 4.83. The number of anilines is 2. The first kappa shape index (κ1) is 24.1. The Morgan fingerprint density at radius 3 is 2.15 bits per heavy atom. The van der Waals surface area contributed by atoms with E-state index in [9.17, 15) is 9.59 Å². The number of nitrogens with one attached hydrogen (secondary N) is 1. The zero-order valence-corrected chi connectivity index (χ0v) is 20.7. The Morgan fingerprint density at radius 2 is 1.53 bits per heavy atom. The number of carbonyl (C=O) groups excluding carboxylic acids is 2. The van der Waals surface area contributed by atoms with Gasteiger partial charge >= 0.3 is 0 Å². The first-order chi connectivity index (χ1) is 16.4. The Hall–Kier alpha value is -3.02. The number of hydrogen-bond donors (Lipinski definition) is 1. The highest BCUT2D eigenvalue weighted by Gasteiger charge is 2.27. The number of hydrogen-bond acceptors (Lipinski definition) is 4. The molecule has 2 aliphatic heterocycles. The first-order valence-electron chi connectivity index (χ1n) is 12.5. The molecule has 0 spiro atoms. The predicted octanol–water partition coefficient (Wildman–Crippen LogP) is 4.98. The van der Waals surface area contributed by atoms with Gasteiger partial charge in [0.2, 0.25) is 5.91 Å². The van der Waals surface area contributed by atoms with Gasteiger partial charge in [0.15, 0.2) is 0 Å². The van der Waals surface area contributed by atoms with Crippen LogP contribution < -0.4 is 15.0 Å².